The Balaban J connectivity index is 1.76. The van der Waals surface area contributed by atoms with Crippen LogP contribution < -0.4 is 0 Å². The molecule has 0 bridgehead atoms. The summed E-state index contributed by atoms with van der Waals surface area (Å²) in [6.45, 7) is 4.72. The molecule has 1 aliphatic heterocycles. The number of rotatable bonds is 16. The van der Waals surface area contributed by atoms with Crippen molar-refractivity contribution >= 4 is 5.84 Å². The quantitative estimate of drug-likeness (QED) is 0.239. The van der Waals surface area contributed by atoms with Crippen LogP contribution in [0.4, 0.5) is 0 Å². The van der Waals surface area contributed by atoms with Crippen LogP contribution in [0.15, 0.2) is 0 Å². The van der Waals surface area contributed by atoms with Crippen LogP contribution in [0, 0.1) is 0 Å². The lowest BCUT2D eigenvalue weighted by molar-refractivity contribution is -0.487. The highest BCUT2D eigenvalue weighted by molar-refractivity contribution is 5.78. The van der Waals surface area contributed by atoms with Gasteiger partial charge in [-0.1, -0.05) is 96.8 Å². The highest BCUT2D eigenvalue weighted by Gasteiger charge is 2.23. The lowest BCUT2D eigenvalue weighted by Gasteiger charge is -2.07. The van der Waals surface area contributed by atoms with E-state index in [9.17, 15) is 0 Å². The van der Waals surface area contributed by atoms with Crippen LogP contribution in [0.2, 0.25) is 0 Å². The zero-order valence-corrected chi connectivity index (χ0v) is 17.1. The largest absolute Gasteiger partial charge is 0.264 e. The second-order valence-electron chi connectivity index (χ2n) is 7.96. The molecule has 0 N–H and O–H groups in total. The standard InChI is InChI=1S/C22H45N2/c1-4-5-6-7-8-9-10-11-12-13-14-15-16-17-18-19-22-23(2)20-21-24(22)3/h4-21H2,1-3H3/q+1. The lowest BCUT2D eigenvalue weighted by atomic mass is 10.0. The molecule has 0 amide bonds. The Bertz CT molecular complexity index is 322. The third kappa shape index (κ3) is 10.4. The predicted molar refractivity (Wildman–Crippen MR) is 108 cm³/mol. The summed E-state index contributed by atoms with van der Waals surface area (Å²) in [5, 5.41) is 0. The molecule has 0 aromatic carbocycles. The summed E-state index contributed by atoms with van der Waals surface area (Å²) in [4.78, 5) is 2.43. The van der Waals surface area contributed by atoms with Crippen molar-refractivity contribution in [1.29, 1.82) is 0 Å². The van der Waals surface area contributed by atoms with Crippen LogP contribution in [0.1, 0.15) is 110 Å². The van der Waals surface area contributed by atoms with E-state index in [1.807, 2.05) is 0 Å². The maximum absolute atomic E-state index is 2.43. The highest BCUT2D eigenvalue weighted by atomic mass is 15.3. The number of likely N-dealkylation sites (N-methyl/N-ethyl adjacent to an activating group) is 2. The normalized spacial score (nSPS) is 14.9. The van der Waals surface area contributed by atoms with Crippen LogP contribution in [-0.2, 0) is 0 Å². The molecule has 1 aliphatic rings. The molecule has 0 fully saturated rings. The third-order valence-electron chi connectivity index (χ3n) is 5.66. The monoisotopic (exact) mass is 337 g/mol. The van der Waals surface area contributed by atoms with E-state index >= 15 is 0 Å². The second-order valence-corrected chi connectivity index (χ2v) is 7.96. The summed E-state index contributed by atoms with van der Waals surface area (Å²) < 4.78 is 2.43. The van der Waals surface area contributed by atoms with Gasteiger partial charge in [0.15, 0.2) is 0 Å². The van der Waals surface area contributed by atoms with Crippen molar-refractivity contribution in [3.63, 3.8) is 0 Å². The van der Waals surface area contributed by atoms with Crippen molar-refractivity contribution in [3.8, 4) is 0 Å². The molecular weight excluding hydrogens is 292 g/mol. The summed E-state index contributed by atoms with van der Waals surface area (Å²) in [5.74, 6) is 1.56. The topological polar surface area (TPSA) is 6.25 Å². The van der Waals surface area contributed by atoms with Crippen molar-refractivity contribution < 1.29 is 4.58 Å². The van der Waals surface area contributed by atoms with E-state index in [-0.39, 0.29) is 0 Å². The van der Waals surface area contributed by atoms with Crippen molar-refractivity contribution in [2.24, 2.45) is 0 Å². The first kappa shape index (κ1) is 21.5. The number of hydrogen-bond donors (Lipinski definition) is 0. The van der Waals surface area contributed by atoms with Crippen LogP contribution in [0.3, 0.4) is 0 Å². The van der Waals surface area contributed by atoms with Gasteiger partial charge in [0.2, 0.25) is 5.84 Å². The minimum absolute atomic E-state index is 1.21. The molecule has 1 rings (SSSR count). The maximum Gasteiger partial charge on any atom is 0.246 e. The van der Waals surface area contributed by atoms with Crippen LogP contribution in [0.5, 0.6) is 0 Å². The molecule has 0 aliphatic carbocycles. The van der Waals surface area contributed by atoms with Gasteiger partial charge in [-0.3, -0.25) is 9.48 Å². The van der Waals surface area contributed by atoms with E-state index in [4.69, 9.17) is 0 Å². The molecule has 142 valence electrons. The van der Waals surface area contributed by atoms with Crippen molar-refractivity contribution in [3.05, 3.63) is 0 Å². The zero-order chi connectivity index (χ0) is 17.5. The molecule has 2 nitrogen and oxygen atoms in total. The van der Waals surface area contributed by atoms with Crippen molar-refractivity contribution in [2.75, 3.05) is 27.2 Å². The fraction of sp³-hybridized carbons (Fsp3) is 0.955. The van der Waals surface area contributed by atoms with E-state index < -0.39 is 0 Å². The average Bonchev–Trinajstić information content (AvgIpc) is 2.90. The van der Waals surface area contributed by atoms with Gasteiger partial charge < -0.3 is 0 Å². The molecule has 0 saturated carbocycles. The van der Waals surface area contributed by atoms with Gasteiger partial charge >= 0.3 is 0 Å². The Morgan fingerprint density at radius 1 is 0.708 bits per heavy atom. The Morgan fingerprint density at radius 3 is 1.50 bits per heavy atom. The Morgan fingerprint density at radius 2 is 1.12 bits per heavy atom. The first-order chi connectivity index (χ1) is 11.8. The Kier molecular flexibility index (Phi) is 13.3. The van der Waals surface area contributed by atoms with Gasteiger partial charge in [0.25, 0.3) is 0 Å². The number of nitrogens with zero attached hydrogens (tertiary/aromatic N) is 2. The van der Waals surface area contributed by atoms with Crippen LogP contribution >= 0.6 is 0 Å². The number of unbranched alkanes of at least 4 members (excludes halogenated alkanes) is 14. The molecular formula is C22H45N2+. The van der Waals surface area contributed by atoms with Gasteiger partial charge in [-0.2, -0.15) is 0 Å². The fourth-order valence-corrected chi connectivity index (χ4v) is 3.89. The predicted octanol–water partition coefficient (Wildman–Crippen LogP) is 6.23. The van der Waals surface area contributed by atoms with E-state index in [0.29, 0.717) is 0 Å². The summed E-state index contributed by atoms with van der Waals surface area (Å²) in [6, 6.07) is 0. The lowest BCUT2D eigenvalue weighted by Crippen LogP contribution is -2.24. The van der Waals surface area contributed by atoms with E-state index in [0.717, 1.165) is 0 Å². The average molecular weight is 338 g/mol. The summed E-state index contributed by atoms with van der Waals surface area (Å²) in [6.07, 6.45) is 23.0. The third-order valence-corrected chi connectivity index (χ3v) is 5.66. The first-order valence-electron chi connectivity index (χ1n) is 11.0. The van der Waals surface area contributed by atoms with Gasteiger partial charge in [0.05, 0.1) is 14.1 Å². The van der Waals surface area contributed by atoms with Gasteiger partial charge in [0, 0.05) is 6.42 Å². The minimum Gasteiger partial charge on any atom is -0.264 e. The fourth-order valence-electron chi connectivity index (χ4n) is 3.89. The molecule has 0 unspecified atom stereocenters. The number of hydrogen-bond acceptors (Lipinski definition) is 1. The SMILES string of the molecule is CCCCCCCCCCCCCCCCCC1=[N+](C)CCN1C. The summed E-state index contributed by atoms with van der Waals surface area (Å²) in [5.41, 5.74) is 0. The molecule has 0 spiro atoms. The van der Waals surface area contributed by atoms with E-state index in [1.54, 1.807) is 5.84 Å². The molecule has 0 aromatic heterocycles. The molecule has 24 heavy (non-hydrogen) atoms. The number of amidine groups is 1. The summed E-state index contributed by atoms with van der Waals surface area (Å²) >= 11 is 0. The van der Waals surface area contributed by atoms with E-state index in [2.05, 4.69) is 30.5 Å². The van der Waals surface area contributed by atoms with Gasteiger partial charge in [-0.25, -0.2) is 0 Å². The smallest absolute Gasteiger partial charge is 0.246 e. The minimum atomic E-state index is 1.21. The Labute approximate surface area is 152 Å². The molecule has 0 atom stereocenters. The molecule has 2 heteroatoms. The second kappa shape index (κ2) is 14.8. The maximum atomic E-state index is 2.43. The van der Waals surface area contributed by atoms with Crippen LogP contribution in [0.25, 0.3) is 0 Å². The highest BCUT2D eigenvalue weighted by Crippen LogP contribution is 2.14. The van der Waals surface area contributed by atoms with Gasteiger partial charge in [-0.05, 0) is 6.42 Å². The van der Waals surface area contributed by atoms with Gasteiger partial charge in [-0.15, -0.1) is 0 Å². The van der Waals surface area contributed by atoms with E-state index in [1.165, 1.54) is 116 Å². The van der Waals surface area contributed by atoms with Crippen molar-refractivity contribution in [2.45, 2.75) is 110 Å². The zero-order valence-electron chi connectivity index (χ0n) is 17.1. The Hall–Kier alpha value is -0.530. The summed E-state index contributed by atoms with van der Waals surface area (Å²) in [7, 11) is 4.48. The van der Waals surface area contributed by atoms with Crippen molar-refractivity contribution in [1.82, 2.24) is 4.90 Å². The molecule has 1 heterocycles. The van der Waals surface area contributed by atoms with Crippen LogP contribution in [-0.4, -0.2) is 42.5 Å². The molecule has 0 radical (unpaired) electrons. The molecule has 0 saturated heterocycles. The first-order valence-corrected chi connectivity index (χ1v) is 11.0. The molecule has 0 aromatic rings. The van der Waals surface area contributed by atoms with Gasteiger partial charge in [0.1, 0.15) is 13.1 Å².